The third kappa shape index (κ3) is 5.21. The van der Waals surface area contributed by atoms with Gasteiger partial charge in [-0.3, -0.25) is 0 Å². The second-order valence-corrected chi connectivity index (χ2v) is 8.06. The van der Waals surface area contributed by atoms with E-state index in [4.69, 9.17) is 0 Å². The van der Waals surface area contributed by atoms with Crippen LogP contribution >= 0.6 is 0 Å². The Morgan fingerprint density at radius 2 is 1.84 bits per heavy atom. The summed E-state index contributed by atoms with van der Waals surface area (Å²) in [6, 6.07) is 4.50. The molecule has 1 aliphatic heterocycles. The Bertz CT molecular complexity index is 799. The summed E-state index contributed by atoms with van der Waals surface area (Å²) in [5.74, 6) is -1.03. The molecule has 0 radical (unpaired) electrons. The molecule has 132 valence electrons. The van der Waals surface area contributed by atoms with E-state index in [1.54, 1.807) is 6.07 Å². The molecule has 1 heterocycles. The van der Waals surface area contributed by atoms with Crippen molar-refractivity contribution >= 4 is 27.5 Å². The van der Waals surface area contributed by atoms with Crippen LogP contribution in [-0.4, -0.2) is 35.8 Å². The Kier molecular flexibility index (Phi) is 8.01. The summed E-state index contributed by atoms with van der Waals surface area (Å²) < 4.78 is 36.0. The predicted molar refractivity (Wildman–Crippen MR) is 86.4 cm³/mol. The van der Waals surface area contributed by atoms with E-state index in [2.05, 4.69) is 4.58 Å². The smallest absolute Gasteiger partial charge is 0.744 e. The molecule has 6 nitrogen and oxygen atoms in total. The van der Waals surface area contributed by atoms with Gasteiger partial charge in [-0.25, -0.2) is 8.42 Å². The maximum absolute atomic E-state index is 11.3. The summed E-state index contributed by atoms with van der Waals surface area (Å²) in [4.78, 5) is 10.2. The molecule has 2 rings (SSSR count). The zero-order valence-corrected chi connectivity index (χ0v) is 19.1. The van der Waals surface area contributed by atoms with Crippen LogP contribution in [0.2, 0.25) is 0 Å². The molecule has 1 aromatic rings. The summed E-state index contributed by atoms with van der Waals surface area (Å²) in [5.41, 5.74) is 2.45. The van der Waals surface area contributed by atoms with Gasteiger partial charge in [-0.05, 0) is 45.2 Å². The van der Waals surface area contributed by atoms with Gasteiger partial charge < -0.3 is 14.5 Å². The number of unbranched alkanes of at least 4 members (excludes halogenated alkanes) is 2. The first-order valence-electron chi connectivity index (χ1n) is 7.97. The second kappa shape index (κ2) is 8.73. The topological polar surface area (TPSA) is 100 Å². The minimum Gasteiger partial charge on any atom is -0.744 e. The second-order valence-electron chi connectivity index (χ2n) is 6.68. The fourth-order valence-electron chi connectivity index (χ4n) is 3.12. The van der Waals surface area contributed by atoms with Gasteiger partial charge in [-0.15, -0.1) is 0 Å². The number of fused-ring (bicyclic) bond motifs is 1. The van der Waals surface area contributed by atoms with E-state index in [1.807, 2.05) is 20.8 Å². The van der Waals surface area contributed by atoms with Crippen molar-refractivity contribution in [2.45, 2.75) is 56.8 Å². The fraction of sp³-hybridized carbons (Fsp3) is 0.529. The van der Waals surface area contributed by atoms with E-state index in [0.29, 0.717) is 6.42 Å². The molecule has 0 bridgehead atoms. The van der Waals surface area contributed by atoms with Gasteiger partial charge >= 0.3 is 51.4 Å². The van der Waals surface area contributed by atoms with Gasteiger partial charge in [0.1, 0.15) is 16.7 Å². The van der Waals surface area contributed by atoms with Crippen molar-refractivity contribution < 1.29 is 78.8 Å². The Hall–Kier alpha value is -0.0936. The van der Waals surface area contributed by atoms with Crippen molar-refractivity contribution in [1.82, 2.24) is 0 Å². The minimum absolute atomic E-state index is 0. The third-order valence-electron chi connectivity index (χ3n) is 4.79. The fourth-order valence-corrected chi connectivity index (χ4v) is 3.62. The quantitative estimate of drug-likeness (QED) is 0.239. The minimum atomic E-state index is -4.48. The van der Waals surface area contributed by atoms with Gasteiger partial charge in [0.15, 0.2) is 5.71 Å². The van der Waals surface area contributed by atoms with E-state index in [1.165, 1.54) is 12.1 Å². The van der Waals surface area contributed by atoms with Crippen molar-refractivity contribution in [3.63, 3.8) is 0 Å². The van der Waals surface area contributed by atoms with Crippen LogP contribution in [0.1, 0.15) is 52.0 Å². The van der Waals surface area contributed by atoms with Crippen LogP contribution < -0.4 is 56.5 Å². The molecule has 0 N–H and O–H groups in total. The molecule has 1 aliphatic rings. The first-order valence-corrected chi connectivity index (χ1v) is 9.38. The molecule has 0 saturated carbocycles. The number of hydrogen-bond acceptors (Lipinski definition) is 5. The van der Waals surface area contributed by atoms with Crippen molar-refractivity contribution in [3.05, 3.63) is 23.8 Å². The van der Waals surface area contributed by atoms with Crippen molar-refractivity contribution in [3.8, 4) is 0 Å². The Morgan fingerprint density at radius 1 is 1.20 bits per heavy atom. The molecule has 0 aliphatic carbocycles. The summed E-state index contributed by atoms with van der Waals surface area (Å²) >= 11 is 0. The number of carboxylic acids is 1. The molecule has 25 heavy (non-hydrogen) atoms. The van der Waals surface area contributed by atoms with Gasteiger partial charge in [0.25, 0.3) is 0 Å². The molecule has 0 saturated heterocycles. The molecule has 0 amide bonds. The molecule has 8 heteroatoms. The predicted octanol–water partition coefficient (Wildman–Crippen LogP) is -1.70. The van der Waals surface area contributed by atoms with Crippen molar-refractivity contribution in [1.29, 1.82) is 0 Å². The van der Waals surface area contributed by atoms with Crippen molar-refractivity contribution in [2.75, 3.05) is 6.54 Å². The van der Waals surface area contributed by atoms with Crippen LogP contribution in [0.5, 0.6) is 0 Å². The number of carbonyl (C=O) groups excluding carboxylic acids is 1. The van der Waals surface area contributed by atoms with E-state index in [9.17, 15) is 22.9 Å². The number of benzene rings is 1. The number of rotatable bonds is 7. The number of hydrogen-bond donors (Lipinski definition) is 0. The molecule has 0 unspecified atom stereocenters. The average Bonchev–Trinajstić information content (AvgIpc) is 2.66. The van der Waals surface area contributed by atoms with Crippen LogP contribution in [0.4, 0.5) is 5.69 Å². The van der Waals surface area contributed by atoms with E-state index in [0.717, 1.165) is 36.3 Å². The average molecular weight is 392 g/mol. The zero-order chi connectivity index (χ0) is 18.1. The van der Waals surface area contributed by atoms with Gasteiger partial charge in [0, 0.05) is 30.9 Å². The maximum Gasteiger partial charge on any atom is 1.00 e. The van der Waals surface area contributed by atoms with E-state index >= 15 is 0 Å². The number of nitrogens with zero attached hydrogens (tertiary/aromatic N) is 1. The molecule has 0 aromatic heterocycles. The number of carboxylic acid groups (broad SMARTS) is 1. The monoisotopic (exact) mass is 391 g/mol. The summed E-state index contributed by atoms with van der Waals surface area (Å²) in [7, 11) is -4.48. The third-order valence-corrected chi connectivity index (χ3v) is 5.62. The van der Waals surface area contributed by atoms with Crippen LogP contribution in [-0.2, 0) is 20.3 Å². The number of carbonyl (C=O) groups is 1. The van der Waals surface area contributed by atoms with Crippen molar-refractivity contribution in [2.24, 2.45) is 0 Å². The number of aliphatic carboxylic acids is 1. The van der Waals surface area contributed by atoms with Gasteiger partial charge in [0.2, 0.25) is 5.69 Å². The maximum atomic E-state index is 11.3. The van der Waals surface area contributed by atoms with Crippen LogP contribution in [0, 0.1) is 0 Å². The van der Waals surface area contributed by atoms with Crippen LogP contribution in [0.15, 0.2) is 23.1 Å². The Balaban J connectivity index is 0.00000312. The normalized spacial score (nSPS) is 15.7. The van der Waals surface area contributed by atoms with Gasteiger partial charge in [0.05, 0.1) is 10.3 Å². The summed E-state index contributed by atoms with van der Waals surface area (Å²) in [5, 5.41) is 10.4. The molecular formula is C17H22KNO5S. The van der Waals surface area contributed by atoms with Gasteiger partial charge in [-0.2, -0.15) is 4.58 Å². The van der Waals surface area contributed by atoms with Crippen LogP contribution in [0.25, 0.3) is 0 Å². The molecule has 0 fully saturated rings. The van der Waals surface area contributed by atoms with Crippen LogP contribution in [0.3, 0.4) is 0 Å². The largest absolute Gasteiger partial charge is 1.00 e. The first kappa shape index (κ1) is 22.9. The molecule has 0 spiro atoms. The SMILES string of the molecule is CC1=[N+](CCCCCC(=O)[O-])c2ccc(S(=O)(=O)[O-])cc2C1(C)C.[K+]. The van der Waals surface area contributed by atoms with Gasteiger partial charge in [-0.1, -0.05) is 0 Å². The summed E-state index contributed by atoms with van der Waals surface area (Å²) in [6.07, 6.45) is 2.25. The van der Waals surface area contributed by atoms with E-state index < -0.39 is 16.1 Å². The summed E-state index contributed by atoms with van der Waals surface area (Å²) in [6.45, 7) is 6.71. The molecule has 0 atom stereocenters. The molecular weight excluding hydrogens is 369 g/mol. The zero-order valence-electron chi connectivity index (χ0n) is 15.2. The molecule has 1 aromatic carbocycles. The first-order chi connectivity index (χ1) is 11.0. The Morgan fingerprint density at radius 3 is 2.40 bits per heavy atom. The van der Waals surface area contributed by atoms with E-state index in [-0.39, 0.29) is 68.1 Å². The standard InChI is InChI=1S/C17H23NO5S.K/c1-12-17(2,3)14-11-13(24(21,22)23)8-9-15(14)18(12)10-6-4-5-7-16(19)20;/h8-9,11H,4-7,10H2,1-3H3,(H-,19,20,21,22,23);/q;+1/p-1. The Labute approximate surface area is 191 Å².